The Labute approximate surface area is 107 Å². The van der Waals surface area contributed by atoms with Crippen molar-refractivity contribution in [3.05, 3.63) is 0 Å². The third kappa shape index (κ3) is 10.1. The van der Waals surface area contributed by atoms with Crippen LogP contribution < -0.4 is 11.1 Å². The number of aliphatic hydroxyl groups is 1. The van der Waals surface area contributed by atoms with Gasteiger partial charge < -0.3 is 16.2 Å². The molecule has 0 aromatic heterocycles. The molecular weight excluding hydrogens is 240 g/mol. The standard InChI is InChI=1S/C11H22N2O3S/c1-11(2,4-5-14)8-13-10(16)3-6-17-7-9(12)15/h14H,3-8H2,1-2H3,(H2,12,15)(H,13,16). The van der Waals surface area contributed by atoms with E-state index < -0.39 is 0 Å². The summed E-state index contributed by atoms with van der Waals surface area (Å²) in [5, 5.41) is 11.6. The number of nitrogens with two attached hydrogens (primary N) is 1. The second-order valence-electron chi connectivity index (χ2n) is 4.68. The summed E-state index contributed by atoms with van der Waals surface area (Å²) in [6.07, 6.45) is 1.04. The SMILES string of the molecule is CC(C)(CCO)CNC(=O)CCSCC(N)=O. The number of primary amides is 1. The van der Waals surface area contributed by atoms with Gasteiger partial charge in [0.1, 0.15) is 0 Å². The van der Waals surface area contributed by atoms with Crippen molar-refractivity contribution < 1.29 is 14.7 Å². The molecular formula is C11H22N2O3S. The van der Waals surface area contributed by atoms with Gasteiger partial charge in [0.25, 0.3) is 0 Å². The van der Waals surface area contributed by atoms with E-state index in [2.05, 4.69) is 5.32 Å². The first-order valence-corrected chi connectivity index (χ1v) is 6.76. The summed E-state index contributed by atoms with van der Waals surface area (Å²) < 4.78 is 0. The first-order chi connectivity index (χ1) is 7.87. The number of hydrogen-bond donors (Lipinski definition) is 3. The largest absolute Gasteiger partial charge is 0.396 e. The highest BCUT2D eigenvalue weighted by molar-refractivity contribution is 7.99. The number of hydrogen-bond acceptors (Lipinski definition) is 4. The molecule has 17 heavy (non-hydrogen) atoms. The van der Waals surface area contributed by atoms with E-state index in [1.165, 1.54) is 11.8 Å². The molecule has 0 aromatic rings. The number of thioether (sulfide) groups is 1. The van der Waals surface area contributed by atoms with Crippen molar-refractivity contribution in [1.29, 1.82) is 0 Å². The van der Waals surface area contributed by atoms with Gasteiger partial charge in [0.2, 0.25) is 11.8 Å². The lowest BCUT2D eigenvalue weighted by Crippen LogP contribution is -2.34. The Morgan fingerprint density at radius 2 is 2.06 bits per heavy atom. The minimum atomic E-state index is -0.362. The van der Waals surface area contributed by atoms with Crippen molar-refractivity contribution in [3.63, 3.8) is 0 Å². The number of aliphatic hydroxyl groups excluding tert-OH is 1. The highest BCUT2D eigenvalue weighted by Crippen LogP contribution is 2.17. The Morgan fingerprint density at radius 3 is 2.59 bits per heavy atom. The Morgan fingerprint density at radius 1 is 1.41 bits per heavy atom. The van der Waals surface area contributed by atoms with Gasteiger partial charge in [-0.05, 0) is 11.8 Å². The van der Waals surface area contributed by atoms with Crippen molar-refractivity contribution in [3.8, 4) is 0 Å². The molecule has 0 atom stereocenters. The van der Waals surface area contributed by atoms with Gasteiger partial charge in [-0.3, -0.25) is 9.59 Å². The maximum absolute atomic E-state index is 11.4. The summed E-state index contributed by atoms with van der Waals surface area (Å²) in [6.45, 7) is 4.65. The van der Waals surface area contributed by atoms with E-state index in [-0.39, 0.29) is 29.6 Å². The molecule has 6 heteroatoms. The van der Waals surface area contributed by atoms with Gasteiger partial charge in [-0.1, -0.05) is 13.8 Å². The molecule has 0 bridgehead atoms. The zero-order valence-electron chi connectivity index (χ0n) is 10.5. The molecule has 0 rings (SSSR count). The summed E-state index contributed by atoms with van der Waals surface area (Å²) in [5.74, 6) is 0.450. The van der Waals surface area contributed by atoms with Crippen LogP contribution in [0.4, 0.5) is 0 Å². The lowest BCUT2D eigenvalue weighted by Gasteiger charge is -2.23. The summed E-state index contributed by atoms with van der Waals surface area (Å²) in [4.78, 5) is 21.9. The van der Waals surface area contributed by atoms with Gasteiger partial charge in [0, 0.05) is 25.3 Å². The third-order valence-corrected chi connectivity index (χ3v) is 3.25. The molecule has 0 spiro atoms. The minimum absolute atomic E-state index is 0.0343. The number of carbonyl (C=O) groups is 2. The monoisotopic (exact) mass is 262 g/mol. The van der Waals surface area contributed by atoms with Crippen molar-refractivity contribution >= 4 is 23.6 Å². The Kier molecular flexibility index (Phi) is 7.99. The fourth-order valence-corrected chi connectivity index (χ4v) is 1.83. The van der Waals surface area contributed by atoms with Crippen molar-refractivity contribution in [2.45, 2.75) is 26.7 Å². The van der Waals surface area contributed by atoms with Gasteiger partial charge in [-0.2, -0.15) is 11.8 Å². The minimum Gasteiger partial charge on any atom is -0.396 e. The lowest BCUT2D eigenvalue weighted by molar-refractivity contribution is -0.121. The van der Waals surface area contributed by atoms with Gasteiger partial charge in [0.15, 0.2) is 0 Å². The van der Waals surface area contributed by atoms with E-state index in [9.17, 15) is 9.59 Å². The zero-order valence-corrected chi connectivity index (χ0v) is 11.3. The van der Waals surface area contributed by atoms with E-state index in [0.717, 1.165) is 0 Å². The van der Waals surface area contributed by atoms with E-state index in [0.29, 0.717) is 25.1 Å². The molecule has 0 aromatic carbocycles. The van der Waals surface area contributed by atoms with Crippen LogP contribution >= 0.6 is 11.8 Å². The zero-order chi connectivity index (χ0) is 13.3. The normalized spacial score (nSPS) is 11.2. The van der Waals surface area contributed by atoms with Crippen LogP contribution in [0, 0.1) is 5.41 Å². The molecule has 0 saturated heterocycles. The predicted molar refractivity (Wildman–Crippen MR) is 69.6 cm³/mol. The highest BCUT2D eigenvalue weighted by Gasteiger charge is 2.17. The van der Waals surface area contributed by atoms with Crippen molar-refractivity contribution in [2.75, 3.05) is 24.7 Å². The molecule has 0 radical (unpaired) electrons. The fourth-order valence-electron chi connectivity index (χ4n) is 1.15. The molecule has 4 N–H and O–H groups in total. The maximum Gasteiger partial charge on any atom is 0.227 e. The van der Waals surface area contributed by atoms with Crippen LogP contribution in [-0.2, 0) is 9.59 Å². The molecule has 100 valence electrons. The second kappa shape index (κ2) is 8.36. The quantitative estimate of drug-likeness (QED) is 0.515. The van der Waals surface area contributed by atoms with Gasteiger partial charge in [-0.15, -0.1) is 0 Å². The van der Waals surface area contributed by atoms with Gasteiger partial charge in [0.05, 0.1) is 5.75 Å². The second-order valence-corrected chi connectivity index (χ2v) is 5.79. The molecule has 0 saturated carbocycles. The molecule has 2 amide bonds. The van der Waals surface area contributed by atoms with Crippen molar-refractivity contribution in [2.24, 2.45) is 11.1 Å². The Hall–Kier alpha value is -0.750. The summed E-state index contributed by atoms with van der Waals surface area (Å²) in [7, 11) is 0. The van der Waals surface area contributed by atoms with Gasteiger partial charge in [-0.25, -0.2) is 0 Å². The van der Waals surface area contributed by atoms with Crippen LogP contribution in [-0.4, -0.2) is 41.6 Å². The van der Waals surface area contributed by atoms with E-state index in [4.69, 9.17) is 10.8 Å². The first kappa shape index (κ1) is 16.2. The lowest BCUT2D eigenvalue weighted by atomic mass is 9.90. The number of rotatable bonds is 9. The number of carbonyl (C=O) groups excluding carboxylic acids is 2. The molecule has 0 aliphatic heterocycles. The van der Waals surface area contributed by atoms with E-state index in [1.54, 1.807) is 0 Å². The van der Waals surface area contributed by atoms with Gasteiger partial charge >= 0.3 is 0 Å². The Bertz CT molecular complexity index is 257. The Balaban J connectivity index is 3.62. The van der Waals surface area contributed by atoms with Crippen LogP contribution in [0.5, 0.6) is 0 Å². The van der Waals surface area contributed by atoms with Crippen LogP contribution in [0.3, 0.4) is 0 Å². The van der Waals surface area contributed by atoms with Crippen LogP contribution in [0.2, 0.25) is 0 Å². The molecule has 0 unspecified atom stereocenters. The first-order valence-electron chi connectivity index (χ1n) is 5.61. The number of nitrogens with one attached hydrogen (secondary N) is 1. The average molecular weight is 262 g/mol. The summed E-state index contributed by atoms with van der Waals surface area (Å²) in [5.41, 5.74) is 4.88. The summed E-state index contributed by atoms with van der Waals surface area (Å²) in [6, 6.07) is 0. The average Bonchev–Trinajstić information content (AvgIpc) is 2.21. The third-order valence-electron chi connectivity index (χ3n) is 2.27. The van der Waals surface area contributed by atoms with E-state index >= 15 is 0 Å². The van der Waals surface area contributed by atoms with Crippen LogP contribution in [0.1, 0.15) is 26.7 Å². The molecule has 0 aliphatic rings. The highest BCUT2D eigenvalue weighted by atomic mass is 32.2. The van der Waals surface area contributed by atoms with Crippen LogP contribution in [0.25, 0.3) is 0 Å². The van der Waals surface area contributed by atoms with Crippen molar-refractivity contribution in [1.82, 2.24) is 5.32 Å². The predicted octanol–water partition coefficient (Wildman–Crippen LogP) is 0.120. The summed E-state index contributed by atoms with van der Waals surface area (Å²) >= 11 is 1.36. The number of amides is 2. The fraction of sp³-hybridized carbons (Fsp3) is 0.818. The topological polar surface area (TPSA) is 92.4 Å². The van der Waals surface area contributed by atoms with E-state index in [1.807, 2.05) is 13.8 Å². The van der Waals surface area contributed by atoms with Crippen LogP contribution in [0.15, 0.2) is 0 Å². The molecule has 5 nitrogen and oxygen atoms in total. The molecule has 0 fully saturated rings. The maximum atomic E-state index is 11.4. The smallest absolute Gasteiger partial charge is 0.227 e. The molecule has 0 aliphatic carbocycles. The molecule has 0 heterocycles.